The van der Waals surface area contributed by atoms with Crippen molar-refractivity contribution in [2.75, 3.05) is 0 Å². The Morgan fingerprint density at radius 3 is 2.17 bits per heavy atom. The fourth-order valence-electron chi connectivity index (χ4n) is 10.9. The minimum atomic E-state index is -0.502. The lowest BCUT2D eigenvalue weighted by molar-refractivity contribution is -0.246. The molecule has 2 N–H and O–H groups in total. The second-order valence-electron chi connectivity index (χ2n) is 13.5. The summed E-state index contributed by atoms with van der Waals surface area (Å²) in [6.07, 6.45) is 12.0. The van der Waals surface area contributed by atoms with Crippen LogP contribution in [0.1, 0.15) is 105 Å². The van der Waals surface area contributed by atoms with Crippen molar-refractivity contribution >= 4 is 5.97 Å². The maximum absolute atomic E-state index is 12.4. The molecule has 30 heavy (non-hydrogen) atoms. The number of hydrogen-bond acceptors (Lipinski definition) is 2. The molecule has 0 aliphatic heterocycles. The van der Waals surface area contributed by atoms with E-state index in [1.54, 1.807) is 0 Å². The first kappa shape index (κ1) is 21.3. The normalized spacial score (nSPS) is 56.9. The quantitative estimate of drug-likeness (QED) is 0.528. The van der Waals surface area contributed by atoms with Crippen LogP contribution in [0.15, 0.2) is 0 Å². The van der Waals surface area contributed by atoms with Crippen LogP contribution in [0.25, 0.3) is 0 Å². The van der Waals surface area contributed by atoms with E-state index in [0.29, 0.717) is 34.5 Å². The van der Waals surface area contributed by atoms with E-state index in [1.807, 2.05) is 0 Å². The lowest BCUT2D eigenvalue weighted by Crippen LogP contribution is -2.66. The Morgan fingerprint density at radius 1 is 0.733 bits per heavy atom. The summed E-state index contributed by atoms with van der Waals surface area (Å²) in [4.78, 5) is 12.4. The Balaban J connectivity index is 1.53. The molecule has 0 aromatic carbocycles. The van der Waals surface area contributed by atoms with Gasteiger partial charge < -0.3 is 10.2 Å². The number of aliphatic hydroxyl groups is 1. The fraction of sp³-hybridized carbons (Fsp3) is 0.963. The van der Waals surface area contributed by atoms with Crippen LogP contribution in [0, 0.1) is 50.7 Å². The Labute approximate surface area is 183 Å². The molecule has 0 amide bonds. The second kappa shape index (κ2) is 6.27. The summed E-state index contributed by atoms with van der Waals surface area (Å²) >= 11 is 0. The zero-order valence-electron chi connectivity index (χ0n) is 20.0. The molecule has 5 saturated carbocycles. The van der Waals surface area contributed by atoms with Crippen molar-refractivity contribution in [2.24, 2.45) is 50.7 Å². The van der Waals surface area contributed by atoms with E-state index in [2.05, 4.69) is 34.6 Å². The molecule has 0 radical (unpaired) electrons. The van der Waals surface area contributed by atoms with Crippen molar-refractivity contribution in [1.82, 2.24) is 0 Å². The van der Waals surface area contributed by atoms with Crippen molar-refractivity contribution in [1.29, 1.82) is 0 Å². The molecule has 0 heterocycles. The molecule has 3 heteroatoms. The van der Waals surface area contributed by atoms with Crippen molar-refractivity contribution in [3.05, 3.63) is 0 Å². The summed E-state index contributed by atoms with van der Waals surface area (Å²) in [6, 6.07) is 0. The summed E-state index contributed by atoms with van der Waals surface area (Å²) in [7, 11) is 0. The molecule has 5 fully saturated rings. The van der Waals surface area contributed by atoms with E-state index < -0.39 is 11.4 Å². The third-order valence-electron chi connectivity index (χ3n) is 12.8. The predicted molar refractivity (Wildman–Crippen MR) is 119 cm³/mol. The number of rotatable bonds is 1. The lowest BCUT2D eigenvalue weighted by Gasteiger charge is -2.72. The van der Waals surface area contributed by atoms with E-state index in [-0.39, 0.29) is 16.9 Å². The van der Waals surface area contributed by atoms with Crippen LogP contribution in [0.5, 0.6) is 0 Å². The zero-order chi connectivity index (χ0) is 21.7. The Bertz CT molecular complexity index is 744. The van der Waals surface area contributed by atoms with Crippen molar-refractivity contribution < 1.29 is 15.0 Å². The number of aliphatic carboxylic acids is 1. The van der Waals surface area contributed by atoms with Gasteiger partial charge in [0, 0.05) is 0 Å². The molecule has 9 atom stereocenters. The SMILES string of the molecule is CC1(C)C(O)CCC2(C)[C@H]3CCC4C5CCCC5(C(=O)O)CC[C@@]4(C)C3(C)CC[C@@H]12. The van der Waals surface area contributed by atoms with Gasteiger partial charge in [0.2, 0.25) is 0 Å². The van der Waals surface area contributed by atoms with Gasteiger partial charge in [-0.2, -0.15) is 0 Å². The first-order chi connectivity index (χ1) is 13.9. The molecule has 0 aromatic heterocycles. The third-order valence-corrected chi connectivity index (χ3v) is 12.8. The molecule has 5 rings (SSSR count). The molecular formula is C27H44O3. The van der Waals surface area contributed by atoms with Crippen molar-refractivity contribution in [3.8, 4) is 0 Å². The minimum Gasteiger partial charge on any atom is -0.481 e. The second-order valence-corrected chi connectivity index (χ2v) is 13.5. The number of carbonyl (C=O) groups is 1. The van der Waals surface area contributed by atoms with Gasteiger partial charge in [-0.3, -0.25) is 4.79 Å². The number of aliphatic hydroxyl groups excluding tert-OH is 1. The van der Waals surface area contributed by atoms with Gasteiger partial charge in [0.1, 0.15) is 0 Å². The standard InChI is InChI=1S/C27H44O3/c1-23(2)19-10-14-26(5)20(24(19,3)13-11-21(23)28)9-8-17-18-7-6-12-27(18,22(29)30)16-15-25(17,26)4/h17-21,28H,6-16H2,1-5H3,(H,29,30)/t17?,18?,19-,20+,21?,24?,25+,26?,27?/m0/s1. The molecule has 0 saturated heterocycles. The van der Waals surface area contributed by atoms with Gasteiger partial charge in [-0.25, -0.2) is 0 Å². The van der Waals surface area contributed by atoms with E-state index in [9.17, 15) is 15.0 Å². The molecular weight excluding hydrogens is 372 g/mol. The van der Waals surface area contributed by atoms with E-state index in [1.165, 1.54) is 25.7 Å². The highest BCUT2D eigenvalue weighted by Gasteiger charge is 2.70. The molecule has 0 spiro atoms. The molecule has 3 nitrogen and oxygen atoms in total. The fourth-order valence-corrected chi connectivity index (χ4v) is 10.9. The topological polar surface area (TPSA) is 57.5 Å². The summed E-state index contributed by atoms with van der Waals surface area (Å²) in [5.74, 6) is 1.77. The van der Waals surface area contributed by atoms with Crippen LogP contribution in [0.3, 0.4) is 0 Å². The largest absolute Gasteiger partial charge is 0.481 e. The maximum Gasteiger partial charge on any atom is 0.309 e. The summed E-state index contributed by atoms with van der Waals surface area (Å²) in [5, 5.41) is 21.0. The number of carboxylic acids is 1. The highest BCUT2D eigenvalue weighted by Crippen LogP contribution is 2.76. The van der Waals surface area contributed by atoms with E-state index >= 15 is 0 Å². The van der Waals surface area contributed by atoms with Crippen LogP contribution in [0.2, 0.25) is 0 Å². The summed E-state index contributed by atoms with van der Waals surface area (Å²) in [6.45, 7) is 12.4. The molecule has 0 bridgehead atoms. The average molecular weight is 417 g/mol. The van der Waals surface area contributed by atoms with Gasteiger partial charge >= 0.3 is 5.97 Å². The first-order valence-electron chi connectivity index (χ1n) is 12.8. The molecule has 5 aliphatic rings. The maximum atomic E-state index is 12.4. The van der Waals surface area contributed by atoms with Gasteiger partial charge in [-0.15, -0.1) is 0 Å². The van der Waals surface area contributed by atoms with Gasteiger partial charge in [0.25, 0.3) is 0 Å². The Hall–Kier alpha value is -0.570. The number of hydrogen-bond donors (Lipinski definition) is 2. The molecule has 0 aromatic rings. The summed E-state index contributed by atoms with van der Waals surface area (Å²) in [5.41, 5.74) is 0.444. The number of fused-ring (bicyclic) bond motifs is 7. The Morgan fingerprint density at radius 2 is 1.47 bits per heavy atom. The van der Waals surface area contributed by atoms with Gasteiger partial charge in [0.05, 0.1) is 11.5 Å². The minimum absolute atomic E-state index is 0.00254. The van der Waals surface area contributed by atoms with E-state index in [0.717, 1.165) is 44.9 Å². The van der Waals surface area contributed by atoms with Crippen molar-refractivity contribution in [3.63, 3.8) is 0 Å². The van der Waals surface area contributed by atoms with Gasteiger partial charge in [-0.05, 0) is 110 Å². The lowest BCUT2D eigenvalue weighted by atomic mass is 9.32. The van der Waals surface area contributed by atoms with E-state index in [4.69, 9.17) is 0 Å². The smallest absolute Gasteiger partial charge is 0.309 e. The van der Waals surface area contributed by atoms with Crippen LogP contribution < -0.4 is 0 Å². The van der Waals surface area contributed by atoms with Gasteiger partial charge in [0.15, 0.2) is 0 Å². The molecule has 5 aliphatic carbocycles. The van der Waals surface area contributed by atoms with Crippen LogP contribution in [0.4, 0.5) is 0 Å². The Kier molecular flexibility index (Phi) is 4.45. The van der Waals surface area contributed by atoms with Crippen LogP contribution >= 0.6 is 0 Å². The zero-order valence-corrected chi connectivity index (χ0v) is 20.0. The third kappa shape index (κ3) is 2.29. The molecule has 170 valence electrons. The highest BCUT2D eigenvalue weighted by atomic mass is 16.4. The number of carboxylic acid groups (broad SMARTS) is 1. The predicted octanol–water partition coefficient (Wildman–Crippen LogP) is 6.29. The highest BCUT2D eigenvalue weighted by molar-refractivity contribution is 5.76. The van der Waals surface area contributed by atoms with Crippen molar-refractivity contribution in [2.45, 2.75) is 111 Å². The monoisotopic (exact) mass is 416 g/mol. The summed E-state index contributed by atoms with van der Waals surface area (Å²) < 4.78 is 0. The van der Waals surface area contributed by atoms with Crippen LogP contribution in [-0.2, 0) is 4.79 Å². The van der Waals surface area contributed by atoms with Gasteiger partial charge in [-0.1, -0.05) is 41.0 Å². The average Bonchev–Trinajstić information content (AvgIpc) is 3.11. The first-order valence-corrected chi connectivity index (χ1v) is 12.8. The molecule has 6 unspecified atom stereocenters. The van der Waals surface area contributed by atoms with Crippen LogP contribution in [-0.4, -0.2) is 22.3 Å².